The highest BCUT2D eigenvalue weighted by molar-refractivity contribution is 6.38. The fraction of sp³-hybridized carbons (Fsp3) is 0.231. The summed E-state index contributed by atoms with van der Waals surface area (Å²) in [6.07, 6.45) is 2.75. The number of rotatable bonds is 5. The summed E-state index contributed by atoms with van der Waals surface area (Å²) in [6, 6.07) is 7.40. The zero-order valence-electron chi connectivity index (χ0n) is 9.64. The van der Waals surface area contributed by atoms with Crippen LogP contribution in [-0.2, 0) is 16.0 Å². The van der Waals surface area contributed by atoms with Gasteiger partial charge < -0.3 is 10.8 Å². The summed E-state index contributed by atoms with van der Waals surface area (Å²) >= 11 is 0. The minimum atomic E-state index is -1.50. The highest BCUT2D eigenvalue weighted by atomic mass is 16.4. The molecule has 0 spiro atoms. The molecule has 0 bridgehead atoms. The molecule has 0 radical (unpaired) electrons. The standard InChI is InChI=1S/C13H15NO3/c1-2-5-9-6-3-4-7-10(9)11(14)8-12(15)13(16)17/h3-4,6-8H,2,5,14H2,1H3,(H,16,17). The minimum Gasteiger partial charge on any atom is -0.475 e. The van der Waals surface area contributed by atoms with Gasteiger partial charge in [-0.1, -0.05) is 37.6 Å². The van der Waals surface area contributed by atoms with Crippen LogP contribution >= 0.6 is 0 Å². The quantitative estimate of drug-likeness (QED) is 0.598. The summed E-state index contributed by atoms with van der Waals surface area (Å²) in [5.41, 5.74) is 7.68. The van der Waals surface area contributed by atoms with Crippen molar-refractivity contribution in [2.45, 2.75) is 19.8 Å². The van der Waals surface area contributed by atoms with Gasteiger partial charge in [-0.3, -0.25) is 4.79 Å². The molecule has 0 saturated carbocycles. The van der Waals surface area contributed by atoms with E-state index in [2.05, 4.69) is 0 Å². The summed E-state index contributed by atoms with van der Waals surface area (Å²) < 4.78 is 0. The SMILES string of the molecule is CCCc1ccccc1C(N)=CC(=O)C(=O)O. The summed E-state index contributed by atoms with van der Waals surface area (Å²) in [6.45, 7) is 2.04. The second-order valence-corrected chi connectivity index (χ2v) is 3.68. The van der Waals surface area contributed by atoms with E-state index < -0.39 is 11.8 Å². The van der Waals surface area contributed by atoms with Crippen LogP contribution in [0.1, 0.15) is 24.5 Å². The minimum absolute atomic E-state index is 0.196. The fourth-order valence-corrected chi connectivity index (χ4v) is 1.57. The number of carbonyl (C=O) groups excluding carboxylic acids is 1. The Bertz CT molecular complexity index is 463. The van der Waals surface area contributed by atoms with E-state index in [9.17, 15) is 9.59 Å². The van der Waals surface area contributed by atoms with Crippen LogP contribution in [0.4, 0.5) is 0 Å². The topological polar surface area (TPSA) is 80.4 Å². The largest absolute Gasteiger partial charge is 0.475 e. The van der Waals surface area contributed by atoms with Gasteiger partial charge in [0.15, 0.2) is 0 Å². The molecule has 0 unspecified atom stereocenters. The van der Waals surface area contributed by atoms with Gasteiger partial charge in [0.1, 0.15) is 0 Å². The number of ketones is 1. The van der Waals surface area contributed by atoms with E-state index in [0.717, 1.165) is 30.0 Å². The average Bonchev–Trinajstić information content (AvgIpc) is 2.29. The van der Waals surface area contributed by atoms with E-state index in [1.807, 2.05) is 19.1 Å². The van der Waals surface area contributed by atoms with Gasteiger partial charge in [0.25, 0.3) is 5.78 Å². The summed E-state index contributed by atoms with van der Waals surface area (Å²) in [5.74, 6) is -2.50. The number of aryl methyl sites for hydroxylation is 1. The summed E-state index contributed by atoms with van der Waals surface area (Å²) in [4.78, 5) is 21.5. The third-order valence-electron chi connectivity index (χ3n) is 2.35. The summed E-state index contributed by atoms with van der Waals surface area (Å²) in [7, 11) is 0. The lowest BCUT2D eigenvalue weighted by molar-refractivity contribution is -0.146. The number of carbonyl (C=O) groups is 2. The summed E-state index contributed by atoms with van der Waals surface area (Å²) in [5, 5.41) is 8.50. The molecule has 0 fully saturated rings. The van der Waals surface area contributed by atoms with Crippen LogP contribution in [0, 0.1) is 0 Å². The normalized spacial score (nSPS) is 11.2. The molecule has 0 aliphatic carbocycles. The van der Waals surface area contributed by atoms with E-state index in [0.29, 0.717) is 0 Å². The molecule has 0 aliphatic rings. The first kappa shape index (κ1) is 13.0. The van der Waals surface area contributed by atoms with Gasteiger partial charge in [0.05, 0.1) is 0 Å². The highest BCUT2D eigenvalue weighted by Crippen LogP contribution is 2.16. The molecule has 4 heteroatoms. The number of carboxylic acid groups (broad SMARTS) is 1. The lowest BCUT2D eigenvalue weighted by Gasteiger charge is -2.08. The number of aliphatic carboxylic acids is 1. The Morgan fingerprint density at radius 3 is 2.59 bits per heavy atom. The number of hydrogen-bond acceptors (Lipinski definition) is 3. The first-order chi connectivity index (χ1) is 8.06. The molecular formula is C13H15NO3. The van der Waals surface area contributed by atoms with Crippen LogP contribution in [0.2, 0.25) is 0 Å². The zero-order chi connectivity index (χ0) is 12.8. The number of carboxylic acids is 1. The maximum Gasteiger partial charge on any atom is 0.376 e. The van der Waals surface area contributed by atoms with E-state index in [1.165, 1.54) is 0 Å². The molecule has 0 amide bonds. The van der Waals surface area contributed by atoms with Gasteiger partial charge in [-0.15, -0.1) is 0 Å². The molecule has 0 aliphatic heterocycles. The van der Waals surface area contributed by atoms with Crippen molar-refractivity contribution in [2.75, 3.05) is 0 Å². The molecule has 17 heavy (non-hydrogen) atoms. The molecule has 0 atom stereocenters. The molecule has 0 saturated heterocycles. The molecule has 3 N–H and O–H groups in total. The van der Waals surface area contributed by atoms with Gasteiger partial charge in [-0.2, -0.15) is 0 Å². The molecule has 1 aromatic rings. The van der Waals surface area contributed by atoms with E-state index in [-0.39, 0.29) is 5.70 Å². The molecule has 4 nitrogen and oxygen atoms in total. The van der Waals surface area contributed by atoms with Gasteiger partial charge in [-0.05, 0) is 12.0 Å². The lowest BCUT2D eigenvalue weighted by Crippen LogP contribution is -2.12. The Balaban J connectivity index is 3.07. The van der Waals surface area contributed by atoms with Crippen molar-refractivity contribution < 1.29 is 14.7 Å². The van der Waals surface area contributed by atoms with Crippen LogP contribution in [0.15, 0.2) is 30.3 Å². The Hall–Kier alpha value is -2.10. The molecule has 0 heterocycles. The van der Waals surface area contributed by atoms with Gasteiger partial charge in [0.2, 0.25) is 0 Å². The van der Waals surface area contributed by atoms with Crippen molar-refractivity contribution in [1.29, 1.82) is 0 Å². The Morgan fingerprint density at radius 1 is 1.35 bits per heavy atom. The highest BCUT2D eigenvalue weighted by Gasteiger charge is 2.10. The van der Waals surface area contributed by atoms with Crippen molar-refractivity contribution in [3.8, 4) is 0 Å². The third kappa shape index (κ3) is 3.45. The van der Waals surface area contributed by atoms with Crippen molar-refractivity contribution in [3.05, 3.63) is 41.5 Å². The molecular weight excluding hydrogens is 218 g/mol. The van der Waals surface area contributed by atoms with Crippen molar-refractivity contribution in [3.63, 3.8) is 0 Å². The van der Waals surface area contributed by atoms with Crippen LogP contribution in [0.25, 0.3) is 5.70 Å². The number of nitrogens with two attached hydrogens (primary N) is 1. The Labute approximate surface area is 99.8 Å². The van der Waals surface area contributed by atoms with E-state index in [4.69, 9.17) is 10.8 Å². The van der Waals surface area contributed by atoms with Gasteiger partial charge in [-0.25, -0.2) is 4.79 Å². The van der Waals surface area contributed by atoms with Crippen LogP contribution in [-0.4, -0.2) is 16.9 Å². The predicted octanol–water partition coefficient (Wildman–Crippen LogP) is 1.59. The van der Waals surface area contributed by atoms with Crippen molar-refractivity contribution in [2.24, 2.45) is 5.73 Å². The Morgan fingerprint density at radius 2 is 2.00 bits per heavy atom. The lowest BCUT2D eigenvalue weighted by atomic mass is 10.0. The third-order valence-corrected chi connectivity index (χ3v) is 2.35. The smallest absolute Gasteiger partial charge is 0.376 e. The average molecular weight is 233 g/mol. The predicted molar refractivity (Wildman–Crippen MR) is 65.2 cm³/mol. The number of hydrogen-bond donors (Lipinski definition) is 2. The maximum atomic E-state index is 11.0. The monoisotopic (exact) mass is 233 g/mol. The molecule has 0 aromatic heterocycles. The van der Waals surface area contributed by atoms with Crippen molar-refractivity contribution in [1.82, 2.24) is 0 Å². The molecule has 90 valence electrons. The second-order valence-electron chi connectivity index (χ2n) is 3.68. The first-order valence-corrected chi connectivity index (χ1v) is 5.39. The van der Waals surface area contributed by atoms with Crippen LogP contribution in [0.5, 0.6) is 0 Å². The van der Waals surface area contributed by atoms with E-state index in [1.54, 1.807) is 12.1 Å². The fourth-order valence-electron chi connectivity index (χ4n) is 1.57. The van der Waals surface area contributed by atoms with Gasteiger partial charge >= 0.3 is 5.97 Å². The maximum absolute atomic E-state index is 11.0. The van der Waals surface area contributed by atoms with Crippen molar-refractivity contribution >= 4 is 17.4 Å². The molecule has 1 rings (SSSR count). The van der Waals surface area contributed by atoms with Crippen LogP contribution in [0.3, 0.4) is 0 Å². The Kier molecular flexibility index (Phi) is 4.46. The second kappa shape index (κ2) is 5.84. The van der Waals surface area contributed by atoms with Crippen LogP contribution < -0.4 is 5.73 Å². The number of benzene rings is 1. The molecule has 1 aromatic carbocycles. The zero-order valence-corrected chi connectivity index (χ0v) is 9.64. The van der Waals surface area contributed by atoms with E-state index >= 15 is 0 Å². The first-order valence-electron chi connectivity index (χ1n) is 5.39. The van der Waals surface area contributed by atoms with Gasteiger partial charge in [0, 0.05) is 17.3 Å².